The highest BCUT2D eigenvalue weighted by atomic mass is 32.1. The van der Waals surface area contributed by atoms with Crippen LogP contribution in [0.2, 0.25) is 0 Å². The second-order valence-electron chi connectivity index (χ2n) is 6.60. The molecule has 0 saturated heterocycles. The molecule has 12 heteroatoms. The highest BCUT2D eigenvalue weighted by molar-refractivity contribution is 7.28. The molecule has 0 saturated carbocycles. The predicted octanol–water partition coefficient (Wildman–Crippen LogP) is 5.44. The minimum Gasteiger partial charge on any atom is -0.465 e. The second-order valence-corrected chi connectivity index (χ2v) is 8.09. The molecule has 174 valence electrons. The number of hydrogen-bond acceptors (Lipinski definition) is 5. The molecule has 0 bridgehead atoms. The zero-order valence-electron chi connectivity index (χ0n) is 17.0. The Kier molecular flexibility index (Phi) is 7.04. The molecule has 2 aromatic carbocycles. The monoisotopic (exact) mass is 503 g/mol. The third-order valence-corrected chi connectivity index (χ3v) is 5.96. The molecular formula is C21H15F5NO4PS. The number of alkyl halides is 3. The van der Waals surface area contributed by atoms with Crippen molar-refractivity contribution in [1.29, 1.82) is 0 Å². The van der Waals surface area contributed by atoms with Crippen molar-refractivity contribution in [2.75, 3.05) is 12.4 Å². The van der Waals surface area contributed by atoms with Crippen molar-refractivity contribution in [3.8, 4) is 16.9 Å². The van der Waals surface area contributed by atoms with E-state index in [1.807, 2.05) is 9.24 Å². The molecule has 0 spiro atoms. The summed E-state index contributed by atoms with van der Waals surface area (Å²) < 4.78 is 76.5. The van der Waals surface area contributed by atoms with Gasteiger partial charge in [-0.15, -0.1) is 33.7 Å². The van der Waals surface area contributed by atoms with Crippen molar-refractivity contribution in [2.45, 2.75) is 13.3 Å². The molecule has 0 radical (unpaired) electrons. The Bertz CT molecular complexity index is 1210. The number of benzene rings is 2. The number of thiophene rings is 1. The maximum Gasteiger partial charge on any atom is 0.573 e. The third-order valence-electron chi connectivity index (χ3n) is 4.52. The van der Waals surface area contributed by atoms with Crippen LogP contribution in [0.4, 0.5) is 27.6 Å². The Balaban J connectivity index is 2.02. The van der Waals surface area contributed by atoms with Gasteiger partial charge in [0.25, 0.3) is 5.91 Å². The summed E-state index contributed by atoms with van der Waals surface area (Å²) in [7, 11) is 3.10. The fourth-order valence-corrected chi connectivity index (χ4v) is 4.21. The average molecular weight is 503 g/mol. The Morgan fingerprint density at radius 2 is 1.82 bits per heavy atom. The van der Waals surface area contributed by atoms with Crippen LogP contribution in [0.25, 0.3) is 11.1 Å². The minimum atomic E-state index is -4.96. The molecule has 1 unspecified atom stereocenters. The first-order valence-electron chi connectivity index (χ1n) is 9.05. The number of ether oxygens (including phenoxy) is 2. The Hall–Kier alpha value is -3.04. The van der Waals surface area contributed by atoms with Gasteiger partial charge in [0.15, 0.2) is 5.82 Å². The zero-order valence-corrected chi connectivity index (χ0v) is 18.9. The normalized spacial score (nSPS) is 11.3. The fourth-order valence-electron chi connectivity index (χ4n) is 3.06. The number of amides is 1. The third kappa shape index (κ3) is 5.15. The van der Waals surface area contributed by atoms with Crippen LogP contribution in [-0.4, -0.2) is 25.3 Å². The summed E-state index contributed by atoms with van der Waals surface area (Å²) in [5, 5.41) is 3.35. The van der Waals surface area contributed by atoms with E-state index in [1.54, 1.807) is 0 Å². The number of rotatable bonds is 5. The molecule has 1 N–H and O–H groups in total. The molecule has 3 rings (SSSR count). The fraction of sp³-hybridized carbons (Fsp3) is 0.143. The number of halogens is 5. The van der Waals surface area contributed by atoms with Gasteiger partial charge >= 0.3 is 12.3 Å². The van der Waals surface area contributed by atoms with E-state index in [2.05, 4.69) is 14.8 Å². The SMILES string of the molecule is COC(=O)c1sccc1C(=O)Nc1c(F)c(C)c(-c2cccc(OC(F)(F)F)c2)c(F)c1P. The Morgan fingerprint density at radius 3 is 2.45 bits per heavy atom. The molecule has 1 aromatic heterocycles. The number of esters is 1. The quantitative estimate of drug-likeness (QED) is 0.286. The number of carbonyl (C=O) groups excluding carboxylic acids is 2. The predicted molar refractivity (Wildman–Crippen MR) is 116 cm³/mol. The van der Waals surface area contributed by atoms with Gasteiger partial charge in [-0.05, 0) is 41.6 Å². The summed E-state index contributed by atoms with van der Waals surface area (Å²) in [6.45, 7) is 1.22. The van der Waals surface area contributed by atoms with E-state index in [-0.39, 0.29) is 32.4 Å². The van der Waals surface area contributed by atoms with E-state index in [4.69, 9.17) is 0 Å². The molecule has 1 heterocycles. The first-order valence-corrected chi connectivity index (χ1v) is 10.5. The topological polar surface area (TPSA) is 64.6 Å². The number of hydrogen-bond donors (Lipinski definition) is 1. The maximum absolute atomic E-state index is 15.2. The van der Waals surface area contributed by atoms with E-state index in [0.29, 0.717) is 0 Å². The van der Waals surface area contributed by atoms with Gasteiger partial charge in [0.1, 0.15) is 16.4 Å². The van der Waals surface area contributed by atoms with E-state index >= 15 is 8.78 Å². The molecule has 0 fully saturated rings. The smallest absolute Gasteiger partial charge is 0.465 e. The van der Waals surface area contributed by atoms with Crippen LogP contribution < -0.4 is 15.4 Å². The van der Waals surface area contributed by atoms with E-state index < -0.39 is 41.3 Å². The summed E-state index contributed by atoms with van der Waals surface area (Å²) >= 11 is 0.940. The number of anilines is 1. The van der Waals surface area contributed by atoms with Crippen LogP contribution in [0, 0.1) is 18.6 Å². The maximum atomic E-state index is 15.2. The first-order chi connectivity index (χ1) is 15.4. The van der Waals surface area contributed by atoms with Crippen LogP contribution in [0.15, 0.2) is 35.7 Å². The van der Waals surface area contributed by atoms with Crippen molar-refractivity contribution in [2.24, 2.45) is 0 Å². The summed E-state index contributed by atoms with van der Waals surface area (Å²) in [4.78, 5) is 24.4. The molecular weight excluding hydrogens is 488 g/mol. The van der Waals surface area contributed by atoms with Crippen LogP contribution >= 0.6 is 20.6 Å². The number of nitrogens with one attached hydrogen (secondary N) is 1. The lowest BCUT2D eigenvalue weighted by atomic mass is 9.98. The lowest BCUT2D eigenvalue weighted by Gasteiger charge is -2.17. The van der Waals surface area contributed by atoms with Gasteiger partial charge in [-0.2, -0.15) is 0 Å². The molecule has 1 amide bonds. The minimum absolute atomic E-state index is 0.0176. The molecule has 3 aromatic rings. The molecule has 1 atom stereocenters. The largest absolute Gasteiger partial charge is 0.573 e. The Labute approximate surface area is 190 Å². The van der Waals surface area contributed by atoms with Gasteiger partial charge in [-0.3, -0.25) is 4.79 Å². The van der Waals surface area contributed by atoms with Crippen molar-refractivity contribution in [1.82, 2.24) is 0 Å². The lowest BCUT2D eigenvalue weighted by Crippen LogP contribution is -2.22. The van der Waals surface area contributed by atoms with Gasteiger partial charge in [-0.25, -0.2) is 13.6 Å². The lowest BCUT2D eigenvalue weighted by molar-refractivity contribution is -0.274. The van der Waals surface area contributed by atoms with Crippen LogP contribution in [-0.2, 0) is 4.74 Å². The molecule has 0 aliphatic heterocycles. The highest BCUT2D eigenvalue weighted by Crippen LogP contribution is 2.35. The van der Waals surface area contributed by atoms with Crippen molar-refractivity contribution in [3.63, 3.8) is 0 Å². The van der Waals surface area contributed by atoms with Crippen molar-refractivity contribution >= 4 is 43.4 Å². The number of carbonyl (C=O) groups is 2. The molecule has 0 aliphatic rings. The van der Waals surface area contributed by atoms with E-state index in [9.17, 15) is 22.8 Å². The van der Waals surface area contributed by atoms with Gasteiger partial charge in [-0.1, -0.05) is 12.1 Å². The average Bonchev–Trinajstić information content (AvgIpc) is 3.24. The van der Waals surface area contributed by atoms with Crippen molar-refractivity contribution < 1.29 is 41.0 Å². The van der Waals surface area contributed by atoms with Gasteiger partial charge in [0.2, 0.25) is 0 Å². The molecule has 5 nitrogen and oxygen atoms in total. The van der Waals surface area contributed by atoms with Crippen molar-refractivity contribution in [3.05, 3.63) is 63.4 Å². The molecule has 0 aliphatic carbocycles. The van der Waals surface area contributed by atoms with Gasteiger partial charge in [0.05, 0.1) is 18.4 Å². The summed E-state index contributed by atoms with van der Waals surface area (Å²) in [5.41, 5.74) is -1.19. The zero-order chi connectivity index (χ0) is 24.5. The summed E-state index contributed by atoms with van der Waals surface area (Å²) in [6.07, 6.45) is -4.96. The van der Waals surface area contributed by atoms with Crippen LogP contribution in [0.5, 0.6) is 5.75 Å². The van der Waals surface area contributed by atoms with E-state index in [1.165, 1.54) is 30.5 Å². The summed E-state index contributed by atoms with van der Waals surface area (Å²) in [6, 6.07) is 5.78. The highest BCUT2D eigenvalue weighted by Gasteiger charge is 2.31. The van der Waals surface area contributed by atoms with E-state index in [0.717, 1.165) is 30.6 Å². The summed E-state index contributed by atoms with van der Waals surface area (Å²) in [5.74, 6) is -4.21. The van der Waals surface area contributed by atoms with Gasteiger partial charge < -0.3 is 14.8 Å². The van der Waals surface area contributed by atoms with Crippen LogP contribution in [0.3, 0.4) is 0 Å². The second kappa shape index (κ2) is 9.44. The number of methoxy groups -OCH3 is 1. The van der Waals surface area contributed by atoms with Crippen LogP contribution in [0.1, 0.15) is 25.6 Å². The first kappa shape index (κ1) is 24.6. The van der Waals surface area contributed by atoms with Gasteiger partial charge in [0, 0.05) is 10.9 Å². The standard InChI is InChI=1S/C21H15F5NO4PS/c1-9-13(10-4-3-5-11(8-10)31-21(24,25)26)15(23)17(32)16(14(9)22)27-19(28)12-6-7-33-18(12)20(29)30-2/h3-8H,32H2,1-2H3,(H,27,28). The molecule has 33 heavy (non-hydrogen) atoms. The Morgan fingerprint density at radius 1 is 1.12 bits per heavy atom.